The van der Waals surface area contributed by atoms with Gasteiger partial charge >= 0.3 is 0 Å². The first kappa shape index (κ1) is 23.8. The molecule has 140 valence electrons. The fraction of sp³-hybridized carbons (Fsp3) is 0.522. The highest BCUT2D eigenvalue weighted by molar-refractivity contribution is 7.79. The number of unbranched alkanes of at least 4 members (excludes halogenated alkanes) is 2. The Morgan fingerprint density at radius 2 is 1.20 bits per heavy atom. The lowest BCUT2D eigenvalue weighted by atomic mass is 10.0. The first-order valence-electron chi connectivity index (χ1n) is 9.66. The molecule has 1 nitrogen and oxygen atoms in total. The predicted molar refractivity (Wildman–Crippen MR) is 117 cm³/mol. The van der Waals surface area contributed by atoms with E-state index in [1.54, 1.807) is 5.37 Å². The van der Waals surface area contributed by atoms with Crippen LogP contribution in [0.25, 0.3) is 0 Å². The lowest BCUT2D eigenvalue weighted by molar-refractivity contribution is 0.256. The van der Waals surface area contributed by atoms with Crippen molar-refractivity contribution in [2.75, 3.05) is 6.61 Å². The first-order chi connectivity index (χ1) is 12.3. The Morgan fingerprint density at radius 1 is 0.720 bits per heavy atom. The Bertz CT molecular complexity index is 429. The molecule has 0 radical (unpaired) electrons. The molecule has 0 aromatic heterocycles. The van der Waals surface area contributed by atoms with Gasteiger partial charge < -0.3 is 5.11 Å². The summed E-state index contributed by atoms with van der Waals surface area (Å²) in [4.78, 5) is 0. The van der Waals surface area contributed by atoms with E-state index in [0.717, 1.165) is 51.4 Å². The highest BCUT2D eigenvalue weighted by Gasteiger charge is 2.01. The first-order valence-corrected chi connectivity index (χ1v) is 10.1. The van der Waals surface area contributed by atoms with Crippen LogP contribution in [-0.2, 0) is 0 Å². The van der Waals surface area contributed by atoms with Crippen LogP contribution >= 0.6 is 12.2 Å². The largest absolute Gasteiger partial charge is 0.396 e. The molecule has 0 aromatic rings. The molecule has 0 heterocycles. The molecule has 0 aliphatic carbocycles. The minimum Gasteiger partial charge on any atom is -0.396 e. The van der Waals surface area contributed by atoms with Crippen molar-refractivity contribution in [3.63, 3.8) is 0 Å². The zero-order chi connectivity index (χ0) is 18.4. The lowest BCUT2D eigenvalue weighted by Crippen LogP contribution is -2.05. The maximum Gasteiger partial charge on any atom is 0.0502 e. The van der Waals surface area contributed by atoms with E-state index in [2.05, 4.69) is 67.7 Å². The fourth-order valence-corrected chi connectivity index (χ4v) is 2.46. The highest BCUT2D eigenvalue weighted by Crippen LogP contribution is 2.08. The number of hydrogen-bond donors (Lipinski definition) is 1. The van der Waals surface area contributed by atoms with Crippen molar-refractivity contribution in [3.05, 3.63) is 60.8 Å². The van der Waals surface area contributed by atoms with Crippen molar-refractivity contribution in [2.24, 2.45) is 5.92 Å². The van der Waals surface area contributed by atoms with Crippen LogP contribution in [0, 0.1) is 5.92 Å². The third kappa shape index (κ3) is 18.9. The maximum absolute atomic E-state index is 9.04. The molecule has 0 rings (SSSR count). The maximum atomic E-state index is 9.04. The summed E-state index contributed by atoms with van der Waals surface area (Å²) in [7, 11) is 0. The molecule has 0 bridgehead atoms. The van der Waals surface area contributed by atoms with Gasteiger partial charge in [0.1, 0.15) is 0 Å². The molecule has 25 heavy (non-hydrogen) atoms. The van der Waals surface area contributed by atoms with E-state index >= 15 is 0 Å². The number of hydrogen-bond acceptors (Lipinski definition) is 2. The quantitative estimate of drug-likeness (QED) is 0.183. The summed E-state index contributed by atoms with van der Waals surface area (Å²) in [6.07, 6.45) is 31.9. The number of thiocarbonyl (C=S) groups is 1. The molecule has 0 aliphatic rings. The number of aliphatic hydroxyl groups is 1. The third-order valence-corrected chi connectivity index (χ3v) is 4.17. The average Bonchev–Trinajstić information content (AvgIpc) is 2.64. The van der Waals surface area contributed by atoms with Crippen molar-refractivity contribution in [3.8, 4) is 0 Å². The van der Waals surface area contributed by atoms with E-state index in [1.807, 2.05) is 0 Å². The van der Waals surface area contributed by atoms with Crippen molar-refractivity contribution < 1.29 is 5.11 Å². The minimum atomic E-state index is 0.186. The Morgan fingerprint density at radius 3 is 1.64 bits per heavy atom. The summed E-state index contributed by atoms with van der Waals surface area (Å²) in [6.45, 7) is 2.34. The van der Waals surface area contributed by atoms with E-state index in [-0.39, 0.29) is 12.5 Å². The van der Waals surface area contributed by atoms with Crippen molar-refractivity contribution >= 4 is 17.6 Å². The van der Waals surface area contributed by atoms with Gasteiger partial charge in [0.2, 0.25) is 0 Å². The van der Waals surface area contributed by atoms with Crippen molar-refractivity contribution in [1.29, 1.82) is 0 Å². The second kappa shape index (κ2) is 20.8. The zero-order valence-electron chi connectivity index (χ0n) is 15.9. The van der Waals surface area contributed by atoms with Crippen LogP contribution in [0.1, 0.15) is 64.7 Å². The lowest BCUT2D eigenvalue weighted by Gasteiger charge is -2.05. The van der Waals surface area contributed by atoms with E-state index in [4.69, 9.17) is 17.3 Å². The molecule has 0 saturated heterocycles. The van der Waals surface area contributed by atoms with Crippen LogP contribution in [0.3, 0.4) is 0 Å². The van der Waals surface area contributed by atoms with Gasteiger partial charge in [0.15, 0.2) is 0 Å². The van der Waals surface area contributed by atoms with Gasteiger partial charge in [-0.3, -0.25) is 0 Å². The molecule has 0 saturated carbocycles. The van der Waals surface area contributed by atoms with Crippen molar-refractivity contribution in [1.82, 2.24) is 0 Å². The van der Waals surface area contributed by atoms with Gasteiger partial charge in [-0.15, -0.1) is 0 Å². The minimum absolute atomic E-state index is 0.186. The van der Waals surface area contributed by atoms with Gasteiger partial charge in [-0.25, -0.2) is 0 Å². The summed E-state index contributed by atoms with van der Waals surface area (Å²) < 4.78 is 0. The van der Waals surface area contributed by atoms with Crippen LogP contribution in [0.15, 0.2) is 60.8 Å². The summed E-state index contributed by atoms with van der Waals surface area (Å²) in [5.74, 6) is 0.198. The van der Waals surface area contributed by atoms with Gasteiger partial charge in [-0.1, -0.05) is 86.3 Å². The van der Waals surface area contributed by atoms with Gasteiger partial charge in [-0.2, -0.15) is 0 Å². The normalized spacial score (nSPS) is 14.0. The van der Waals surface area contributed by atoms with E-state index in [9.17, 15) is 0 Å². The molecule has 1 unspecified atom stereocenters. The Labute approximate surface area is 160 Å². The molecule has 1 N–H and O–H groups in total. The average molecular weight is 361 g/mol. The van der Waals surface area contributed by atoms with Crippen LogP contribution in [0.5, 0.6) is 0 Å². The van der Waals surface area contributed by atoms with E-state index in [0.29, 0.717) is 0 Å². The van der Waals surface area contributed by atoms with Gasteiger partial charge in [0, 0.05) is 5.92 Å². The van der Waals surface area contributed by atoms with Crippen molar-refractivity contribution in [2.45, 2.75) is 64.7 Å². The fourth-order valence-electron chi connectivity index (χ4n) is 2.24. The van der Waals surface area contributed by atoms with E-state index < -0.39 is 0 Å². The van der Waals surface area contributed by atoms with E-state index in [1.165, 1.54) is 6.42 Å². The summed E-state index contributed by atoms with van der Waals surface area (Å²) in [5.41, 5.74) is 0. The SMILES string of the molecule is CC/C=C\C/C=C\C/C=C\C/C=C\C/C=C\CCCCC(C=S)CO. The third-order valence-electron chi connectivity index (χ3n) is 3.78. The molecule has 0 amide bonds. The zero-order valence-corrected chi connectivity index (χ0v) is 16.7. The Balaban J connectivity index is 3.49. The Hall–Kier alpha value is -1.25. The number of rotatable bonds is 16. The molecule has 0 aromatic carbocycles. The molecule has 0 aliphatic heterocycles. The number of allylic oxidation sites excluding steroid dienone is 10. The van der Waals surface area contributed by atoms with Crippen LogP contribution in [0.4, 0.5) is 0 Å². The molecule has 0 fully saturated rings. The monoisotopic (exact) mass is 360 g/mol. The molecule has 2 heteroatoms. The smallest absolute Gasteiger partial charge is 0.0502 e. The van der Waals surface area contributed by atoms with Gasteiger partial charge in [0.05, 0.1) is 6.61 Å². The summed E-state index contributed by atoms with van der Waals surface area (Å²) in [5, 5.41) is 10.7. The van der Waals surface area contributed by atoms with Crippen LogP contribution < -0.4 is 0 Å². The standard InChI is InChI=1S/C23H36OS/c1-2-3-4-5-6-7-8-9-10-11-12-13-14-15-16-17-18-19-20-23(21-24)22-25/h3-4,6-7,9-10,12-13,15-16,22-24H,2,5,8,11,14,17-21H2,1H3/b4-3-,7-6-,10-9-,13-12-,16-15-. The highest BCUT2D eigenvalue weighted by atomic mass is 32.1. The Kier molecular flexibility index (Phi) is 19.8. The molecular formula is C23H36OS. The molecular weight excluding hydrogens is 324 g/mol. The number of aliphatic hydroxyl groups excluding tert-OH is 1. The second-order valence-electron chi connectivity index (χ2n) is 6.07. The topological polar surface area (TPSA) is 20.2 Å². The summed E-state index contributed by atoms with van der Waals surface area (Å²) >= 11 is 4.87. The van der Waals surface area contributed by atoms with Gasteiger partial charge in [0.25, 0.3) is 0 Å². The molecule has 0 spiro atoms. The van der Waals surface area contributed by atoms with Crippen LogP contribution in [0.2, 0.25) is 0 Å². The molecule has 1 atom stereocenters. The van der Waals surface area contributed by atoms with Crippen LogP contribution in [-0.4, -0.2) is 17.1 Å². The second-order valence-corrected chi connectivity index (χ2v) is 6.34. The summed E-state index contributed by atoms with van der Waals surface area (Å²) in [6, 6.07) is 0. The predicted octanol–water partition coefficient (Wildman–Crippen LogP) is 6.91. The van der Waals surface area contributed by atoms with Gasteiger partial charge in [-0.05, 0) is 56.7 Å².